The molecule has 9 heteroatoms. The van der Waals surface area contributed by atoms with E-state index in [-0.39, 0.29) is 12.5 Å². The van der Waals surface area contributed by atoms with Crippen LogP contribution in [0.2, 0.25) is 0 Å². The Morgan fingerprint density at radius 3 is 2.57 bits per heavy atom. The van der Waals surface area contributed by atoms with Gasteiger partial charge in [0.1, 0.15) is 0 Å². The summed E-state index contributed by atoms with van der Waals surface area (Å²) in [5.41, 5.74) is 6.50. The fourth-order valence-electron chi connectivity index (χ4n) is 2.99. The van der Waals surface area contributed by atoms with Crippen molar-refractivity contribution in [2.24, 2.45) is 16.6 Å². The van der Waals surface area contributed by atoms with Gasteiger partial charge in [0.2, 0.25) is 5.91 Å². The minimum absolute atomic E-state index is 0.176. The van der Waals surface area contributed by atoms with E-state index in [0.717, 1.165) is 57.8 Å². The highest BCUT2D eigenvalue weighted by molar-refractivity contribution is 5.96. The highest BCUT2D eigenvalue weighted by atomic mass is 16.5. The standard InChI is InChI=1S/C21H33N5O4/c1-23-21(24-9-2-10-30-15-17-7-11-29-12-8-17)26-13-16-3-5-18(6-4-16)20(28)25-14-19(22)27/h3-6,17H,2,7-15H2,1H3,(H2,22,27)(H,25,28)(H2,23,24,26). The van der Waals surface area contributed by atoms with E-state index in [1.807, 2.05) is 12.1 Å². The lowest BCUT2D eigenvalue weighted by atomic mass is 10.0. The number of ether oxygens (including phenoxy) is 2. The smallest absolute Gasteiger partial charge is 0.251 e. The number of hydrogen-bond donors (Lipinski definition) is 4. The average Bonchev–Trinajstić information content (AvgIpc) is 2.77. The Labute approximate surface area is 177 Å². The number of amides is 2. The molecule has 2 amide bonds. The molecule has 0 saturated carbocycles. The van der Waals surface area contributed by atoms with Crippen molar-refractivity contribution in [3.05, 3.63) is 35.4 Å². The highest BCUT2D eigenvalue weighted by Gasteiger charge is 2.13. The van der Waals surface area contributed by atoms with Crippen molar-refractivity contribution in [2.75, 3.05) is 46.6 Å². The Morgan fingerprint density at radius 1 is 1.17 bits per heavy atom. The van der Waals surface area contributed by atoms with E-state index in [1.54, 1.807) is 19.2 Å². The molecule has 1 aliphatic heterocycles. The van der Waals surface area contributed by atoms with Crippen molar-refractivity contribution < 1.29 is 19.1 Å². The van der Waals surface area contributed by atoms with Gasteiger partial charge in [0.05, 0.1) is 6.54 Å². The van der Waals surface area contributed by atoms with Crippen LogP contribution in [0.5, 0.6) is 0 Å². The Morgan fingerprint density at radius 2 is 1.90 bits per heavy atom. The third-order valence-electron chi connectivity index (χ3n) is 4.78. The molecule has 0 radical (unpaired) electrons. The first-order valence-corrected chi connectivity index (χ1v) is 10.3. The van der Waals surface area contributed by atoms with Crippen LogP contribution in [0.25, 0.3) is 0 Å². The van der Waals surface area contributed by atoms with Crippen molar-refractivity contribution in [1.29, 1.82) is 0 Å². The second-order valence-corrected chi connectivity index (χ2v) is 7.18. The number of aliphatic imine (C=N–C) groups is 1. The lowest BCUT2D eigenvalue weighted by molar-refractivity contribution is -0.117. The van der Waals surface area contributed by atoms with Gasteiger partial charge >= 0.3 is 0 Å². The minimum atomic E-state index is -0.575. The summed E-state index contributed by atoms with van der Waals surface area (Å²) in [7, 11) is 1.73. The molecule has 0 spiro atoms. The highest BCUT2D eigenvalue weighted by Crippen LogP contribution is 2.14. The second kappa shape index (κ2) is 13.6. The fourth-order valence-corrected chi connectivity index (χ4v) is 2.99. The number of carbonyl (C=O) groups is 2. The van der Waals surface area contributed by atoms with E-state index in [4.69, 9.17) is 15.2 Å². The zero-order valence-electron chi connectivity index (χ0n) is 17.6. The van der Waals surface area contributed by atoms with E-state index >= 15 is 0 Å². The largest absolute Gasteiger partial charge is 0.381 e. The van der Waals surface area contributed by atoms with Crippen molar-refractivity contribution in [1.82, 2.24) is 16.0 Å². The van der Waals surface area contributed by atoms with Crippen molar-refractivity contribution >= 4 is 17.8 Å². The van der Waals surface area contributed by atoms with E-state index in [2.05, 4.69) is 20.9 Å². The number of benzene rings is 1. The second-order valence-electron chi connectivity index (χ2n) is 7.18. The van der Waals surface area contributed by atoms with Gasteiger partial charge in [-0.2, -0.15) is 0 Å². The molecule has 0 aromatic heterocycles. The lowest BCUT2D eigenvalue weighted by Gasteiger charge is -2.21. The SMILES string of the molecule is CN=C(NCCCOCC1CCOCC1)NCc1ccc(C(=O)NCC(N)=O)cc1. The van der Waals surface area contributed by atoms with Gasteiger partial charge < -0.3 is 31.2 Å². The van der Waals surface area contributed by atoms with Gasteiger partial charge in [-0.25, -0.2) is 0 Å². The van der Waals surface area contributed by atoms with Crippen LogP contribution in [-0.4, -0.2) is 64.3 Å². The van der Waals surface area contributed by atoms with Gasteiger partial charge in [-0.05, 0) is 42.9 Å². The first kappa shape index (κ1) is 23.6. The molecule has 5 N–H and O–H groups in total. The predicted octanol–water partition coefficient (Wildman–Crippen LogP) is 0.400. The molecule has 0 unspecified atom stereocenters. The number of primary amides is 1. The Kier molecular flexibility index (Phi) is 10.7. The number of nitrogens with zero attached hydrogens (tertiary/aromatic N) is 1. The predicted molar refractivity (Wildman–Crippen MR) is 115 cm³/mol. The molecule has 1 aromatic carbocycles. The zero-order chi connectivity index (χ0) is 21.6. The van der Waals surface area contributed by atoms with E-state index in [0.29, 0.717) is 24.0 Å². The Hall–Kier alpha value is -2.65. The van der Waals surface area contributed by atoms with E-state index < -0.39 is 5.91 Å². The average molecular weight is 420 g/mol. The summed E-state index contributed by atoms with van der Waals surface area (Å²) in [6.45, 7) is 4.40. The molecule has 1 aliphatic rings. The summed E-state index contributed by atoms with van der Waals surface area (Å²) in [6.07, 6.45) is 3.08. The summed E-state index contributed by atoms with van der Waals surface area (Å²) in [6, 6.07) is 7.12. The van der Waals surface area contributed by atoms with Gasteiger partial charge in [0, 0.05) is 52.1 Å². The summed E-state index contributed by atoms with van der Waals surface area (Å²) < 4.78 is 11.1. The Balaban J connectivity index is 1.60. The van der Waals surface area contributed by atoms with Gasteiger partial charge in [-0.3, -0.25) is 14.6 Å². The molecule has 2 rings (SSSR count). The van der Waals surface area contributed by atoms with Crippen LogP contribution in [0.4, 0.5) is 0 Å². The lowest BCUT2D eigenvalue weighted by Crippen LogP contribution is -2.37. The zero-order valence-corrected chi connectivity index (χ0v) is 17.6. The molecule has 1 saturated heterocycles. The first-order valence-electron chi connectivity index (χ1n) is 10.3. The summed E-state index contributed by atoms with van der Waals surface area (Å²) in [5.74, 6) is 0.434. The maximum absolute atomic E-state index is 11.9. The monoisotopic (exact) mass is 419 g/mol. The molecular formula is C21H33N5O4. The van der Waals surface area contributed by atoms with Crippen LogP contribution in [0, 0.1) is 5.92 Å². The number of guanidine groups is 1. The van der Waals surface area contributed by atoms with Crippen molar-refractivity contribution in [2.45, 2.75) is 25.8 Å². The number of rotatable bonds is 11. The van der Waals surface area contributed by atoms with Crippen LogP contribution < -0.4 is 21.7 Å². The first-order chi connectivity index (χ1) is 14.6. The number of hydrogen-bond acceptors (Lipinski definition) is 5. The molecule has 0 atom stereocenters. The molecule has 1 aromatic rings. The normalized spacial score (nSPS) is 14.9. The Bertz CT molecular complexity index is 687. The summed E-state index contributed by atoms with van der Waals surface area (Å²) >= 11 is 0. The molecule has 166 valence electrons. The third kappa shape index (κ3) is 9.23. The minimum Gasteiger partial charge on any atom is -0.381 e. The fraction of sp³-hybridized carbons (Fsp3) is 0.571. The molecule has 1 fully saturated rings. The van der Waals surface area contributed by atoms with Crippen LogP contribution in [0.1, 0.15) is 35.2 Å². The van der Waals surface area contributed by atoms with Crippen LogP contribution in [0.3, 0.4) is 0 Å². The molecule has 0 bridgehead atoms. The number of nitrogens with two attached hydrogens (primary N) is 1. The maximum atomic E-state index is 11.9. The van der Waals surface area contributed by atoms with Crippen LogP contribution in [-0.2, 0) is 20.8 Å². The summed E-state index contributed by atoms with van der Waals surface area (Å²) in [5, 5.41) is 8.96. The van der Waals surface area contributed by atoms with Crippen molar-refractivity contribution in [3.8, 4) is 0 Å². The van der Waals surface area contributed by atoms with Gasteiger partial charge in [-0.1, -0.05) is 12.1 Å². The quantitative estimate of drug-likeness (QED) is 0.234. The summed E-state index contributed by atoms with van der Waals surface area (Å²) in [4.78, 5) is 26.8. The molecule has 1 heterocycles. The third-order valence-corrected chi connectivity index (χ3v) is 4.78. The van der Waals surface area contributed by atoms with Crippen LogP contribution >= 0.6 is 0 Å². The molecular weight excluding hydrogens is 386 g/mol. The molecule has 0 aliphatic carbocycles. The molecule has 9 nitrogen and oxygen atoms in total. The topological polar surface area (TPSA) is 127 Å². The molecule has 30 heavy (non-hydrogen) atoms. The van der Waals surface area contributed by atoms with Gasteiger partial charge in [-0.15, -0.1) is 0 Å². The van der Waals surface area contributed by atoms with Crippen molar-refractivity contribution in [3.63, 3.8) is 0 Å². The van der Waals surface area contributed by atoms with Gasteiger partial charge in [0.25, 0.3) is 5.91 Å². The van der Waals surface area contributed by atoms with Gasteiger partial charge in [0.15, 0.2) is 5.96 Å². The maximum Gasteiger partial charge on any atom is 0.251 e. The number of nitrogens with one attached hydrogen (secondary N) is 3. The van der Waals surface area contributed by atoms with Crippen LogP contribution in [0.15, 0.2) is 29.3 Å². The van der Waals surface area contributed by atoms with E-state index in [9.17, 15) is 9.59 Å². The number of carbonyl (C=O) groups excluding carboxylic acids is 2. The van der Waals surface area contributed by atoms with E-state index in [1.165, 1.54) is 0 Å².